The van der Waals surface area contributed by atoms with Gasteiger partial charge in [-0.1, -0.05) is 13.8 Å². The van der Waals surface area contributed by atoms with Crippen LogP contribution in [-0.2, 0) is 0 Å². The molecule has 2 fully saturated rings. The number of hydrogen-bond donors (Lipinski definition) is 2. The number of hydrogen-bond acceptors (Lipinski definition) is 7. The van der Waals surface area contributed by atoms with Crippen molar-refractivity contribution in [1.29, 1.82) is 0 Å². The standard InChI is InChI=1S/C23H37N7/c1-3-12-29-14-7-18(8-15-29)25-22-23(28-21-20(27-22)6-5-11-24-21)26-19-9-16-30(13-4-2)17-10-19/h5-6,11,18-19H,3-4,7-10,12-17H2,1-2H3,(H,25,27)(H,24,26,28). The lowest BCUT2D eigenvalue weighted by molar-refractivity contribution is 0.218. The van der Waals surface area contributed by atoms with Crippen LogP contribution in [0, 0.1) is 0 Å². The van der Waals surface area contributed by atoms with E-state index in [0.717, 1.165) is 69.0 Å². The van der Waals surface area contributed by atoms with Crippen LogP contribution in [0.25, 0.3) is 11.2 Å². The fraction of sp³-hybridized carbons (Fsp3) is 0.696. The molecule has 4 rings (SSSR count). The zero-order chi connectivity index (χ0) is 20.8. The lowest BCUT2D eigenvalue weighted by atomic mass is 10.0. The van der Waals surface area contributed by atoms with Crippen molar-refractivity contribution in [2.45, 2.75) is 64.5 Å². The van der Waals surface area contributed by atoms with Crippen LogP contribution >= 0.6 is 0 Å². The van der Waals surface area contributed by atoms with Gasteiger partial charge in [0.15, 0.2) is 17.3 Å². The van der Waals surface area contributed by atoms with Gasteiger partial charge in [0, 0.05) is 44.5 Å². The lowest BCUT2D eigenvalue weighted by Crippen LogP contribution is -2.40. The third-order valence-corrected chi connectivity index (χ3v) is 6.38. The average Bonchev–Trinajstić information content (AvgIpc) is 2.77. The SMILES string of the molecule is CCCN1CCC(Nc2nc3cccnc3nc2NC2CCN(CCC)CC2)CC1. The maximum Gasteiger partial charge on any atom is 0.180 e. The van der Waals surface area contributed by atoms with Crippen molar-refractivity contribution in [3.8, 4) is 0 Å². The Hall–Kier alpha value is -1.99. The van der Waals surface area contributed by atoms with E-state index in [1.165, 1.54) is 25.9 Å². The first-order valence-electron chi connectivity index (χ1n) is 11.9. The molecule has 7 heteroatoms. The Morgan fingerprint density at radius 1 is 0.833 bits per heavy atom. The molecule has 0 amide bonds. The average molecular weight is 412 g/mol. The number of likely N-dealkylation sites (tertiary alicyclic amines) is 2. The topological polar surface area (TPSA) is 69.2 Å². The molecular weight excluding hydrogens is 374 g/mol. The molecule has 4 heterocycles. The van der Waals surface area contributed by atoms with Crippen LogP contribution < -0.4 is 10.6 Å². The molecule has 0 unspecified atom stereocenters. The molecule has 2 aromatic heterocycles. The van der Waals surface area contributed by atoms with Gasteiger partial charge in [-0.2, -0.15) is 0 Å². The van der Waals surface area contributed by atoms with Crippen molar-refractivity contribution in [3.05, 3.63) is 18.3 Å². The van der Waals surface area contributed by atoms with E-state index in [9.17, 15) is 0 Å². The van der Waals surface area contributed by atoms with Crippen molar-refractivity contribution < 1.29 is 0 Å². The number of fused-ring (bicyclic) bond motifs is 1. The highest BCUT2D eigenvalue weighted by molar-refractivity contribution is 5.77. The molecular formula is C23H37N7. The largest absolute Gasteiger partial charge is 0.364 e. The number of anilines is 2. The summed E-state index contributed by atoms with van der Waals surface area (Å²) in [5.74, 6) is 1.76. The van der Waals surface area contributed by atoms with Gasteiger partial charge in [0.1, 0.15) is 5.52 Å². The summed E-state index contributed by atoms with van der Waals surface area (Å²) in [4.78, 5) is 19.3. The van der Waals surface area contributed by atoms with Gasteiger partial charge in [0.25, 0.3) is 0 Å². The Balaban J connectivity index is 1.46. The summed E-state index contributed by atoms with van der Waals surface area (Å²) in [5.41, 5.74) is 1.57. The van der Waals surface area contributed by atoms with E-state index in [0.29, 0.717) is 17.7 Å². The van der Waals surface area contributed by atoms with Crippen molar-refractivity contribution >= 4 is 22.8 Å². The minimum atomic E-state index is 0.445. The second-order valence-corrected chi connectivity index (χ2v) is 8.79. The second-order valence-electron chi connectivity index (χ2n) is 8.79. The first-order chi connectivity index (χ1) is 14.7. The number of aromatic nitrogens is 3. The summed E-state index contributed by atoms with van der Waals surface area (Å²) < 4.78 is 0. The van der Waals surface area contributed by atoms with Gasteiger partial charge >= 0.3 is 0 Å². The molecule has 0 atom stereocenters. The van der Waals surface area contributed by atoms with Crippen LogP contribution in [0.4, 0.5) is 11.6 Å². The summed E-state index contributed by atoms with van der Waals surface area (Å²) >= 11 is 0. The van der Waals surface area contributed by atoms with Crippen molar-refractivity contribution in [3.63, 3.8) is 0 Å². The normalized spacial score (nSPS) is 19.9. The molecule has 7 nitrogen and oxygen atoms in total. The van der Waals surface area contributed by atoms with Gasteiger partial charge < -0.3 is 20.4 Å². The molecule has 0 radical (unpaired) electrons. The monoisotopic (exact) mass is 411 g/mol. The van der Waals surface area contributed by atoms with Crippen LogP contribution in [0.3, 0.4) is 0 Å². The highest BCUT2D eigenvalue weighted by Gasteiger charge is 2.23. The third kappa shape index (κ3) is 5.38. The predicted molar refractivity (Wildman–Crippen MR) is 124 cm³/mol. The van der Waals surface area contributed by atoms with Crippen molar-refractivity contribution in [2.24, 2.45) is 0 Å². The summed E-state index contributed by atoms with van der Waals surface area (Å²) in [6.45, 7) is 11.6. The van der Waals surface area contributed by atoms with Crippen LogP contribution in [0.1, 0.15) is 52.4 Å². The number of nitrogens with zero attached hydrogens (tertiary/aromatic N) is 5. The van der Waals surface area contributed by atoms with Crippen LogP contribution in [-0.4, -0.2) is 76.1 Å². The highest BCUT2D eigenvalue weighted by Crippen LogP contribution is 2.26. The molecule has 164 valence electrons. The Morgan fingerprint density at radius 3 is 1.90 bits per heavy atom. The molecule has 2 aromatic rings. The van der Waals surface area contributed by atoms with Crippen LogP contribution in [0.2, 0.25) is 0 Å². The Labute approximate surface area is 180 Å². The number of piperidine rings is 2. The number of pyridine rings is 1. The molecule has 0 bridgehead atoms. The maximum absolute atomic E-state index is 4.91. The third-order valence-electron chi connectivity index (χ3n) is 6.38. The van der Waals surface area contributed by atoms with E-state index < -0.39 is 0 Å². The fourth-order valence-corrected chi connectivity index (χ4v) is 4.72. The number of rotatable bonds is 8. The first kappa shape index (κ1) is 21.2. The molecule has 2 saturated heterocycles. The fourth-order valence-electron chi connectivity index (χ4n) is 4.72. The molecule has 0 spiro atoms. The summed E-state index contributed by atoms with van der Waals surface area (Å²) in [6, 6.07) is 4.83. The Kier molecular flexibility index (Phi) is 7.33. The van der Waals surface area contributed by atoms with E-state index >= 15 is 0 Å². The van der Waals surface area contributed by atoms with Gasteiger partial charge in [0.2, 0.25) is 0 Å². The lowest BCUT2D eigenvalue weighted by Gasteiger charge is -2.34. The molecule has 0 aromatic carbocycles. The molecule has 30 heavy (non-hydrogen) atoms. The maximum atomic E-state index is 4.91. The van der Waals surface area contributed by atoms with E-state index in [2.05, 4.69) is 39.3 Å². The quantitative estimate of drug-likeness (QED) is 0.688. The highest BCUT2D eigenvalue weighted by atomic mass is 15.2. The predicted octanol–water partition coefficient (Wildman–Crippen LogP) is 3.60. The number of nitrogens with one attached hydrogen (secondary N) is 2. The second kappa shape index (κ2) is 10.4. The van der Waals surface area contributed by atoms with Crippen molar-refractivity contribution in [1.82, 2.24) is 24.8 Å². The van der Waals surface area contributed by atoms with Gasteiger partial charge in [-0.3, -0.25) is 0 Å². The smallest absolute Gasteiger partial charge is 0.180 e. The van der Waals surface area contributed by atoms with E-state index in [1.54, 1.807) is 6.20 Å². The molecule has 2 aliphatic heterocycles. The van der Waals surface area contributed by atoms with Crippen molar-refractivity contribution in [2.75, 3.05) is 49.9 Å². The van der Waals surface area contributed by atoms with Gasteiger partial charge in [0.05, 0.1) is 0 Å². The summed E-state index contributed by atoms with van der Waals surface area (Å²) in [7, 11) is 0. The minimum absolute atomic E-state index is 0.445. The van der Waals surface area contributed by atoms with E-state index in [-0.39, 0.29) is 0 Å². The van der Waals surface area contributed by atoms with Gasteiger partial charge in [-0.15, -0.1) is 0 Å². The summed E-state index contributed by atoms with van der Waals surface area (Å²) in [6.07, 6.45) is 8.86. The van der Waals surface area contributed by atoms with Crippen LogP contribution in [0.15, 0.2) is 18.3 Å². The van der Waals surface area contributed by atoms with Crippen LogP contribution in [0.5, 0.6) is 0 Å². The molecule has 0 saturated carbocycles. The van der Waals surface area contributed by atoms with E-state index in [4.69, 9.17) is 9.97 Å². The Bertz CT molecular complexity index is 729. The summed E-state index contributed by atoms with van der Waals surface area (Å²) in [5, 5.41) is 7.43. The van der Waals surface area contributed by atoms with Gasteiger partial charge in [-0.05, 0) is 63.7 Å². The Morgan fingerprint density at radius 2 is 1.37 bits per heavy atom. The first-order valence-corrected chi connectivity index (χ1v) is 11.9. The molecule has 0 aliphatic carbocycles. The molecule has 2 aliphatic rings. The van der Waals surface area contributed by atoms with E-state index in [1.807, 2.05) is 12.1 Å². The molecule has 2 N–H and O–H groups in total. The van der Waals surface area contributed by atoms with Gasteiger partial charge in [-0.25, -0.2) is 15.0 Å². The minimum Gasteiger partial charge on any atom is -0.364 e. The zero-order valence-corrected chi connectivity index (χ0v) is 18.6. The zero-order valence-electron chi connectivity index (χ0n) is 18.6.